The van der Waals surface area contributed by atoms with E-state index in [-0.39, 0.29) is 0 Å². The molecule has 2 aromatic rings. The van der Waals surface area contributed by atoms with Gasteiger partial charge in [-0.25, -0.2) is 9.97 Å². The molecule has 1 aliphatic heterocycles. The van der Waals surface area contributed by atoms with E-state index in [1.807, 2.05) is 24.3 Å². The molecule has 0 spiro atoms. The first-order valence-electron chi connectivity index (χ1n) is 8.49. The normalized spacial score (nSPS) is 20.0. The fraction of sp³-hybridized carbons (Fsp3) is 0.444. The maximum Gasteiger partial charge on any atom is 0.146 e. The van der Waals surface area contributed by atoms with Crippen molar-refractivity contribution in [2.75, 3.05) is 31.4 Å². The standard InChI is InChI=1S/C18H25N5O2/c1-12-4-5-13(10-19-12)22-17-9-18(21-11-20-17)23-15-7-6-14(24-2)8-16(15)25-3/h6-9,11-13,19H,4-5,10H2,1-3H3,(H2,20,21,22,23). The summed E-state index contributed by atoms with van der Waals surface area (Å²) in [4.78, 5) is 8.62. The highest BCUT2D eigenvalue weighted by atomic mass is 16.5. The molecule has 0 aliphatic carbocycles. The van der Waals surface area contributed by atoms with Gasteiger partial charge in [-0.1, -0.05) is 0 Å². The van der Waals surface area contributed by atoms with Crippen molar-refractivity contribution in [2.45, 2.75) is 31.8 Å². The Bertz CT molecular complexity index is 702. The number of methoxy groups -OCH3 is 2. The van der Waals surface area contributed by atoms with Crippen LogP contribution in [0.5, 0.6) is 11.5 Å². The van der Waals surface area contributed by atoms with Crippen molar-refractivity contribution < 1.29 is 9.47 Å². The second kappa shape index (κ2) is 8.02. The monoisotopic (exact) mass is 343 g/mol. The molecule has 134 valence electrons. The minimum atomic E-state index is 0.384. The molecule has 0 radical (unpaired) electrons. The number of benzene rings is 1. The second-order valence-electron chi connectivity index (χ2n) is 6.21. The number of anilines is 3. The van der Waals surface area contributed by atoms with Crippen molar-refractivity contribution in [3.63, 3.8) is 0 Å². The summed E-state index contributed by atoms with van der Waals surface area (Å²) in [5.41, 5.74) is 0.820. The number of hydrogen-bond acceptors (Lipinski definition) is 7. The summed E-state index contributed by atoms with van der Waals surface area (Å²) in [5.74, 6) is 2.95. The third-order valence-electron chi connectivity index (χ3n) is 4.35. The summed E-state index contributed by atoms with van der Waals surface area (Å²) in [5, 5.41) is 10.2. The average molecular weight is 343 g/mol. The molecule has 1 fully saturated rings. The number of aromatic nitrogens is 2. The largest absolute Gasteiger partial charge is 0.497 e. The highest BCUT2D eigenvalue weighted by Gasteiger charge is 2.17. The van der Waals surface area contributed by atoms with E-state index < -0.39 is 0 Å². The second-order valence-corrected chi connectivity index (χ2v) is 6.21. The molecular formula is C18H25N5O2. The Morgan fingerprint density at radius 3 is 2.64 bits per heavy atom. The lowest BCUT2D eigenvalue weighted by atomic mass is 10.0. The Labute approximate surface area is 148 Å². The Morgan fingerprint density at radius 1 is 1.08 bits per heavy atom. The number of ether oxygens (including phenoxy) is 2. The topological polar surface area (TPSA) is 80.3 Å². The maximum atomic E-state index is 5.41. The average Bonchev–Trinajstić information content (AvgIpc) is 2.64. The van der Waals surface area contributed by atoms with Gasteiger partial charge >= 0.3 is 0 Å². The van der Waals surface area contributed by atoms with Gasteiger partial charge in [0, 0.05) is 30.8 Å². The Balaban J connectivity index is 1.69. The predicted octanol–water partition coefficient (Wildman–Crippen LogP) is 2.79. The Hall–Kier alpha value is -2.54. The molecule has 0 amide bonds. The van der Waals surface area contributed by atoms with Crippen LogP contribution in [0.2, 0.25) is 0 Å². The van der Waals surface area contributed by atoms with E-state index in [0.29, 0.717) is 23.7 Å². The van der Waals surface area contributed by atoms with Crippen LogP contribution in [-0.4, -0.2) is 42.8 Å². The summed E-state index contributed by atoms with van der Waals surface area (Å²) in [6.45, 7) is 3.16. The molecule has 7 heteroatoms. The van der Waals surface area contributed by atoms with Crippen molar-refractivity contribution in [2.24, 2.45) is 0 Å². The zero-order chi connectivity index (χ0) is 17.6. The third-order valence-corrected chi connectivity index (χ3v) is 4.35. The van der Waals surface area contributed by atoms with Crippen molar-refractivity contribution in [3.8, 4) is 11.5 Å². The van der Waals surface area contributed by atoms with Crippen LogP contribution in [0.25, 0.3) is 0 Å². The first-order valence-corrected chi connectivity index (χ1v) is 8.49. The van der Waals surface area contributed by atoms with Gasteiger partial charge in [0.1, 0.15) is 29.5 Å². The van der Waals surface area contributed by atoms with Crippen LogP contribution in [0.4, 0.5) is 17.3 Å². The van der Waals surface area contributed by atoms with E-state index in [1.54, 1.807) is 20.5 Å². The molecule has 2 heterocycles. The van der Waals surface area contributed by atoms with Gasteiger partial charge in [0.05, 0.1) is 19.9 Å². The fourth-order valence-electron chi connectivity index (χ4n) is 2.88. The molecule has 0 saturated carbocycles. The van der Waals surface area contributed by atoms with E-state index in [4.69, 9.17) is 9.47 Å². The van der Waals surface area contributed by atoms with Gasteiger partial charge in [-0.3, -0.25) is 0 Å². The lowest BCUT2D eigenvalue weighted by molar-refractivity contribution is 0.395. The molecule has 3 rings (SSSR count). The van der Waals surface area contributed by atoms with Gasteiger partial charge in [0.2, 0.25) is 0 Å². The van der Waals surface area contributed by atoms with Crippen LogP contribution in [-0.2, 0) is 0 Å². The minimum Gasteiger partial charge on any atom is -0.497 e. The van der Waals surface area contributed by atoms with E-state index >= 15 is 0 Å². The molecule has 0 bridgehead atoms. The highest BCUT2D eigenvalue weighted by Crippen LogP contribution is 2.31. The first-order chi connectivity index (χ1) is 12.2. The lowest BCUT2D eigenvalue weighted by Crippen LogP contribution is -2.43. The molecule has 3 N–H and O–H groups in total. The number of rotatable bonds is 6. The number of piperidine rings is 1. The third kappa shape index (κ3) is 4.51. The summed E-state index contributed by atoms with van der Waals surface area (Å²) in [7, 11) is 3.26. The molecule has 7 nitrogen and oxygen atoms in total. The van der Waals surface area contributed by atoms with Gasteiger partial charge in [-0.15, -0.1) is 0 Å². The summed E-state index contributed by atoms with van der Waals surface area (Å²) in [6, 6.07) is 8.48. The van der Waals surface area contributed by atoms with Crippen molar-refractivity contribution in [3.05, 3.63) is 30.6 Å². The Kier molecular flexibility index (Phi) is 5.55. The van der Waals surface area contributed by atoms with Gasteiger partial charge < -0.3 is 25.4 Å². The molecular weight excluding hydrogens is 318 g/mol. The molecule has 1 aromatic heterocycles. The molecule has 1 aromatic carbocycles. The van der Waals surface area contributed by atoms with E-state index in [1.165, 1.54) is 0 Å². The van der Waals surface area contributed by atoms with Crippen molar-refractivity contribution in [1.29, 1.82) is 0 Å². The van der Waals surface area contributed by atoms with E-state index in [2.05, 4.69) is 32.8 Å². The predicted molar refractivity (Wildman–Crippen MR) is 99.0 cm³/mol. The van der Waals surface area contributed by atoms with Crippen molar-refractivity contribution >= 4 is 17.3 Å². The smallest absolute Gasteiger partial charge is 0.146 e. The van der Waals surface area contributed by atoms with Crippen LogP contribution >= 0.6 is 0 Å². The van der Waals surface area contributed by atoms with E-state index in [9.17, 15) is 0 Å². The molecule has 2 atom stereocenters. The van der Waals surface area contributed by atoms with E-state index in [0.717, 1.165) is 36.6 Å². The van der Waals surface area contributed by atoms with Gasteiger partial charge in [0.15, 0.2) is 0 Å². The lowest BCUT2D eigenvalue weighted by Gasteiger charge is -2.28. The van der Waals surface area contributed by atoms with Crippen LogP contribution in [0.1, 0.15) is 19.8 Å². The maximum absolute atomic E-state index is 5.41. The molecule has 1 saturated heterocycles. The molecule has 1 aliphatic rings. The highest BCUT2D eigenvalue weighted by molar-refractivity contribution is 5.66. The van der Waals surface area contributed by atoms with Crippen LogP contribution in [0.3, 0.4) is 0 Å². The van der Waals surface area contributed by atoms with Gasteiger partial charge in [0.25, 0.3) is 0 Å². The van der Waals surface area contributed by atoms with Crippen LogP contribution in [0, 0.1) is 0 Å². The minimum absolute atomic E-state index is 0.384. The summed E-state index contributed by atoms with van der Waals surface area (Å²) >= 11 is 0. The van der Waals surface area contributed by atoms with Gasteiger partial charge in [-0.2, -0.15) is 0 Å². The van der Waals surface area contributed by atoms with Crippen LogP contribution in [0.15, 0.2) is 30.6 Å². The van der Waals surface area contributed by atoms with Crippen molar-refractivity contribution in [1.82, 2.24) is 15.3 Å². The number of hydrogen-bond donors (Lipinski definition) is 3. The number of nitrogens with one attached hydrogen (secondary N) is 3. The molecule has 25 heavy (non-hydrogen) atoms. The summed E-state index contributed by atoms with van der Waals surface area (Å²) in [6.07, 6.45) is 3.85. The SMILES string of the molecule is COc1ccc(Nc2cc(NC3CCC(C)NC3)ncn2)c(OC)c1. The molecule has 2 unspecified atom stereocenters. The fourth-order valence-corrected chi connectivity index (χ4v) is 2.88. The first kappa shape index (κ1) is 17.3. The zero-order valence-corrected chi connectivity index (χ0v) is 14.9. The summed E-state index contributed by atoms with van der Waals surface area (Å²) < 4.78 is 10.6. The zero-order valence-electron chi connectivity index (χ0n) is 14.9. The number of nitrogens with zero attached hydrogens (tertiary/aromatic N) is 2. The van der Waals surface area contributed by atoms with Gasteiger partial charge in [-0.05, 0) is 31.9 Å². The Morgan fingerprint density at radius 2 is 1.92 bits per heavy atom. The van der Waals surface area contributed by atoms with Crippen LogP contribution < -0.4 is 25.4 Å². The quantitative estimate of drug-likeness (QED) is 0.744.